The van der Waals surface area contributed by atoms with Crippen LogP contribution in [-0.4, -0.2) is 43.8 Å². The predicted molar refractivity (Wildman–Crippen MR) is 136 cm³/mol. The molecule has 2 N–H and O–H groups in total. The van der Waals surface area contributed by atoms with Gasteiger partial charge in [0.1, 0.15) is 0 Å². The molecule has 0 aliphatic heterocycles. The average molecular weight is 522 g/mol. The van der Waals surface area contributed by atoms with Crippen LogP contribution in [0, 0.1) is 6.92 Å². The molecule has 1 atom stereocenters. The topological polar surface area (TPSA) is 74.6 Å². The molecule has 0 fully saturated rings. The molecule has 36 heavy (non-hydrogen) atoms. The van der Waals surface area contributed by atoms with E-state index in [-0.39, 0.29) is 16.9 Å². The molecule has 0 saturated heterocycles. The quantitative estimate of drug-likeness (QED) is 0.331. The van der Waals surface area contributed by atoms with Gasteiger partial charge in [-0.05, 0) is 49.3 Å². The molecule has 0 bridgehead atoms. The number of amides is 1. The SMILES string of the molecule is CCN(CC)CCn1cc(C(=O)Nc2ccc(CS(=O)O)cc2)c(C)c1-c1ccccc1C(F)(F)F. The first-order valence-corrected chi connectivity index (χ1v) is 12.9. The molecule has 0 aliphatic carbocycles. The third-order valence-corrected chi connectivity index (χ3v) is 6.70. The number of hydrogen-bond donors (Lipinski definition) is 2. The third-order valence-electron chi connectivity index (χ3n) is 6.12. The molecule has 1 unspecified atom stereocenters. The van der Waals surface area contributed by atoms with E-state index in [0.29, 0.717) is 35.6 Å². The minimum absolute atomic E-state index is 0.0231. The Kier molecular flexibility index (Phi) is 9.10. The Morgan fingerprint density at radius 1 is 1.08 bits per heavy atom. The van der Waals surface area contributed by atoms with Crippen LogP contribution in [0.15, 0.2) is 54.7 Å². The van der Waals surface area contributed by atoms with Gasteiger partial charge in [0.2, 0.25) is 0 Å². The lowest BCUT2D eigenvalue weighted by Crippen LogP contribution is -2.27. The maximum Gasteiger partial charge on any atom is 0.417 e. The van der Waals surface area contributed by atoms with Crippen LogP contribution in [0.1, 0.15) is 40.9 Å². The highest BCUT2D eigenvalue weighted by Gasteiger charge is 2.35. The maximum atomic E-state index is 13.9. The number of carbonyl (C=O) groups is 1. The molecule has 2 aromatic carbocycles. The van der Waals surface area contributed by atoms with Crippen molar-refractivity contribution in [3.05, 3.63) is 77.0 Å². The van der Waals surface area contributed by atoms with Crippen LogP contribution in [-0.2, 0) is 29.6 Å². The van der Waals surface area contributed by atoms with Crippen molar-refractivity contribution < 1.29 is 26.7 Å². The first kappa shape index (κ1) is 27.6. The molecule has 10 heteroatoms. The van der Waals surface area contributed by atoms with E-state index in [1.165, 1.54) is 12.1 Å². The number of benzene rings is 2. The van der Waals surface area contributed by atoms with E-state index in [4.69, 9.17) is 4.55 Å². The molecule has 1 aromatic heterocycles. The third kappa shape index (κ3) is 6.63. The zero-order valence-corrected chi connectivity index (χ0v) is 21.2. The molecule has 3 aromatic rings. The van der Waals surface area contributed by atoms with Crippen molar-refractivity contribution in [1.29, 1.82) is 0 Å². The van der Waals surface area contributed by atoms with Crippen LogP contribution in [0.3, 0.4) is 0 Å². The molecule has 3 rings (SSSR count). The maximum absolute atomic E-state index is 13.9. The van der Waals surface area contributed by atoms with Gasteiger partial charge in [-0.2, -0.15) is 13.2 Å². The molecule has 0 radical (unpaired) electrons. The van der Waals surface area contributed by atoms with Crippen LogP contribution in [0.25, 0.3) is 11.3 Å². The molecule has 1 heterocycles. The normalized spacial score (nSPS) is 12.7. The molecule has 194 valence electrons. The Morgan fingerprint density at radius 3 is 2.31 bits per heavy atom. The van der Waals surface area contributed by atoms with Crippen molar-refractivity contribution >= 4 is 22.7 Å². The summed E-state index contributed by atoms with van der Waals surface area (Å²) >= 11 is -1.97. The van der Waals surface area contributed by atoms with E-state index >= 15 is 0 Å². The summed E-state index contributed by atoms with van der Waals surface area (Å²) in [5.41, 5.74) is 1.49. The molecule has 0 spiro atoms. The van der Waals surface area contributed by atoms with Crippen LogP contribution >= 0.6 is 0 Å². The van der Waals surface area contributed by atoms with Gasteiger partial charge in [-0.15, -0.1) is 0 Å². The number of nitrogens with zero attached hydrogens (tertiary/aromatic N) is 2. The summed E-state index contributed by atoms with van der Waals surface area (Å²) in [7, 11) is 0. The fraction of sp³-hybridized carbons (Fsp3) is 0.346. The molecular formula is C26H30F3N3O3S. The number of halogens is 3. The van der Waals surface area contributed by atoms with Gasteiger partial charge >= 0.3 is 6.18 Å². The predicted octanol–water partition coefficient (Wildman–Crippen LogP) is 5.80. The zero-order valence-electron chi connectivity index (χ0n) is 20.4. The van der Waals surface area contributed by atoms with Gasteiger partial charge in [0.05, 0.1) is 22.6 Å². The van der Waals surface area contributed by atoms with Crippen molar-refractivity contribution in [2.75, 3.05) is 25.0 Å². The van der Waals surface area contributed by atoms with E-state index in [1.54, 1.807) is 48.0 Å². The summed E-state index contributed by atoms with van der Waals surface area (Å²) in [6.45, 7) is 8.35. The van der Waals surface area contributed by atoms with Crippen molar-refractivity contribution in [2.45, 2.75) is 39.2 Å². The Bertz CT molecular complexity index is 1220. The second-order valence-corrected chi connectivity index (χ2v) is 9.33. The summed E-state index contributed by atoms with van der Waals surface area (Å²) in [5, 5.41) is 2.78. The zero-order chi connectivity index (χ0) is 26.5. The summed E-state index contributed by atoms with van der Waals surface area (Å²) in [6.07, 6.45) is -2.93. The standard InChI is InChI=1S/C26H30F3N3O3S/c1-4-31(5-2)14-15-32-16-22(25(33)30-20-12-10-19(11-13-20)17-36(34)35)18(3)24(32)21-8-6-7-9-23(21)26(27,28)29/h6-13,16H,4-5,14-15,17H2,1-3H3,(H,30,33)(H,34,35). The number of nitrogens with one attached hydrogen (secondary N) is 1. The highest BCUT2D eigenvalue weighted by molar-refractivity contribution is 7.78. The van der Waals surface area contributed by atoms with Gasteiger partial charge in [-0.1, -0.05) is 44.2 Å². The van der Waals surface area contributed by atoms with Crippen molar-refractivity contribution in [3.63, 3.8) is 0 Å². The largest absolute Gasteiger partial charge is 0.417 e. The Hall–Kier alpha value is -2.95. The number of hydrogen-bond acceptors (Lipinski definition) is 3. The van der Waals surface area contributed by atoms with Crippen LogP contribution in [0.4, 0.5) is 18.9 Å². The van der Waals surface area contributed by atoms with Gasteiger partial charge in [0.15, 0.2) is 11.1 Å². The fourth-order valence-corrected chi connectivity index (χ4v) is 4.65. The average Bonchev–Trinajstić information content (AvgIpc) is 3.16. The van der Waals surface area contributed by atoms with Crippen molar-refractivity contribution in [1.82, 2.24) is 9.47 Å². The van der Waals surface area contributed by atoms with E-state index in [0.717, 1.165) is 19.2 Å². The lowest BCUT2D eigenvalue weighted by molar-refractivity contribution is -0.137. The lowest BCUT2D eigenvalue weighted by Gasteiger charge is -2.20. The van der Waals surface area contributed by atoms with E-state index in [9.17, 15) is 22.2 Å². The summed E-state index contributed by atoms with van der Waals surface area (Å²) in [5.74, 6) is -0.469. The summed E-state index contributed by atoms with van der Waals surface area (Å²) < 4.78 is 63.3. The first-order chi connectivity index (χ1) is 17.0. The van der Waals surface area contributed by atoms with Gasteiger partial charge < -0.3 is 19.3 Å². The molecule has 0 aliphatic rings. The second-order valence-electron chi connectivity index (χ2n) is 8.40. The smallest absolute Gasteiger partial charge is 0.345 e. The van der Waals surface area contributed by atoms with Crippen LogP contribution in [0.5, 0.6) is 0 Å². The van der Waals surface area contributed by atoms with E-state index < -0.39 is 28.7 Å². The van der Waals surface area contributed by atoms with Gasteiger partial charge in [0, 0.05) is 30.5 Å². The van der Waals surface area contributed by atoms with Gasteiger partial charge in [-0.25, -0.2) is 4.21 Å². The van der Waals surface area contributed by atoms with Crippen LogP contribution < -0.4 is 5.32 Å². The molecule has 6 nitrogen and oxygen atoms in total. The number of aromatic nitrogens is 1. The van der Waals surface area contributed by atoms with Crippen LogP contribution in [0.2, 0.25) is 0 Å². The Labute approximate surface area is 211 Å². The minimum Gasteiger partial charge on any atom is -0.345 e. The van der Waals surface area contributed by atoms with Gasteiger partial charge in [-0.3, -0.25) is 4.79 Å². The molecular weight excluding hydrogens is 491 g/mol. The molecule has 0 saturated carbocycles. The highest BCUT2D eigenvalue weighted by Crippen LogP contribution is 2.39. The summed E-state index contributed by atoms with van der Waals surface area (Å²) in [6, 6.07) is 11.9. The van der Waals surface area contributed by atoms with Gasteiger partial charge in [0.25, 0.3) is 5.91 Å². The first-order valence-electron chi connectivity index (χ1n) is 11.6. The van der Waals surface area contributed by atoms with E-state index in [1.807, 2.05) is 13.8 Å². The number of carbonyl (C=O) groups excluding carboxylic acids is 1. The second kappa shape index (κ2) is 11.9. The summed E-state index contributed by atoms with van der Waals surface area (Å²) in [4.78, 5) is 15.3. The minimum atomic E-state index is -4.54. The Balaban J connectivity index is 2.00. The number of anilines is 1. The fourth-order valence-electron chi connectivity index (χ4n) is 4.17. The van der Waals surface area contributed by atoms with Crippen molar-refractivity contribution in [2.24, 2.45) is 0 Å². The number of likely N-dealkylation sites (N-methyl/N-ethyl adjacent to an activating group) is 1. The van der Waals surface area contributed by atoms with Crippen molar-refractivity contribution in [3.8, 4) is 11.3 Å². The Morgan fingerprint density at radius 2 is 1.72 bits per heavy atom. The lowest BCUT2D eigenvalue weighted by atomic mass is 10.00. The highest BCUT2D eigenvalue weighted by atomic mass is 32.2. The monoisotopic (exact) mass is 521 g/mol. The number of alkyl halides is 3. The molecule has 1 amide bonds. The number of rotatable bonds is 10. The van der Waals surface area contributed by atoms with E-state index in [2.05, 4.69) is 10.2 Å².